The summed E-state index contributed by atoms with van der Waals surface area (Å²) in [6.07, 6.45) is 6.96. The van der Waals surface area contributed by atoms with Crippen molar-refractivity contribution in [3.8, 4) is 16.8 Å². The molecule has 226 valence electrons. The van der Waals surface area contributed by atoms with Gasteiger partial charge in [-0.3, -0.25) is 0 Å². The predicted octanol–water partition coefficient (Wildman–Crippen LogP) is 12.3. The van der Waals surface area contributed by atoms with Crippen molar-refractivity contribution in [3.63, 3.8) is 0 Å². The van der Waals surface area contributed by atoms with Gasteiger partial charge in [0.25, 0.3) is 0 Å². The number of hydrogen-bond donors (Lipinski definition) is 0. The second-order valence-electron chi connectivity index (χ2n) is 13.3. The number of para-hydroxylation sites is 3. The van der Waals surface area contributed by atoms with E-state index < -0.39 is 0 Å². The molecule has 2 aliphatic rings. The highest BCUT2D eigenvalue weighted by molar-refractivity contribution is 6.10. The molecule has 6 aromatic carbocycles. The lowest BCUT2D eigenvalue weighted by molar-refractivity contribution is 0.651. The molecule has 1 heterocycles. The molecular weight excluding hydrogens is 569 g/mol. The Morgan fingerprint density at radius 1 is 0.574 bits per heavy atom. The predicted molar refractivity (Wildman–Crippen MR) is 199 cm³/mol. The normalized spacial score (nSPS) is 14.9. The first-order chi connectivity index (χ1) is 23.1. The molecule has 47 heavy (non-hydrogen) atoms. The van der Waals surface area contributed by atoms with Gasteiger partial charge in [-0.1, -0.05) is 105 Å². The quantitative estimate of drug-likeness (QED) is 0.190. The molecule has 0 fully saturated rings. The van der Waals surface area contributed by atoms with Crippen LogP contribution < -0.4 is 4.90 Å². The molecule has 1 aromatic heterocycles. The number of aromatic nitrogens is 1. The van der Waals surface area contributed by atoms with Crippen molar-refractivity contribution < 1.29 is 0 Å². The molecule has 0 aliphatic heterocycles. The molecule has 2 aliphatic carbocycles. The highest BCUT2D eigenvalue weighted by Crippen LogP contribution is 2.51. The third-order valence-corrected chi connectivity index (χ3v) is 10.3. The zero-order chi connectivity index (χ0) is 31.5. The molecule has 0 radical (unpaired) electrons. The number of benzene rings is 6. The minimum absolute atomic E-state index is 0.00785. The van der Waals surface area contributed by atoms with E-state index in [1.165, 1.54) is 66.6 Å². The Kier molecular flexibility index (Phi) is 6.33. The Balaban J connectivity index is 1.12. The summed E-state index contributed by atoms with van der Waals surface area (Å²) in [5.41, 5.74) is 15.4. The fourth-order valence-corrected chi connectivity index (χ4v) is 7.96. The van der Waals surface area contributed by atoms with Crippen LogP contribution in [-0.4, -0.2) is 4.57 Å². The number of rotatable bonds is 5. The van der Waals surface area contributed by atoms with E-state index >= 15 is 0 Å². The second-order valence-corrected chi connectivity index (χ2v) is 13.3. The first-order valence-electron chi connectivity index (χ1n) is 16.7. The Bertz CT molecular complexity index is 2350. The van der Waals surface area contributed by atoms with Gasteiger partial charge in [-0.25, -0.2) is 0 Å². The first-order valence-corrected chi connectivity index (χ1v) is 16.7. The molecular formula is C45H36N2. The van der Waals surface area contributed by atoms with E-state index in [1.807, 2.05) is 0 Å². The number of nitrogens with zero attached hydrogens (tertiary/aromatic N) is 2. The van der Waals surface area contributed by atoms with Gasteiger partial charge in [0.05, 0.1) is 11.0 Å². The third-order valence-electron chi connectivity index (χ3n) is 10.3. The van der Waals surface area contributed by atoms with Crippen LogP contribution in [0.4, 0.5) is 17.1 Å². The summed E-state index contributed by atoms with van der Waals surface area (Å²) in [7, 11) is 0. The van der Waals surface area contributed by atoms with Crippen LogP contribution in [0.25, 0.3) is 44.2 Å². The van der Waals surface area contributed by atoms with E-state index in [1.54, 1.807) is 0 Å². The lowest BCUT2D eigenvalue weighted by atomic mass is 9.80. The van der Waals surface area contributed by atoms with Crippen LogP contribution in [0, 0.1) is 0 Å². The molecule has 0 amide bonds. The largest absolute Gasteiger partial charge is 0.310 e. The summed E-state index contributed by atoms with van der Waals surface area (Å²) in [5, 5.41) is 2.54. The van der Waals surface area contributed by atoms with Gasteiger partial charge in [0.15, 0.2) is 0 Å². The van der Waals surface area contributed by atoms with E-state index in [4.69, 9.17) is 0 Å². The van der Waals surface area contributed by atoms with Crippen LogP contribution in [0.1, 0.15) is 37.8 Å². The van der Waals surface area contributed by atoms with Gasteiger partial charge in [0, 0.05) is 38.9 Å². The van der Waals surface area contributed by atoms with Gasteiger partial charge in [0.1, 0.15) is 0 Å². The Morgan fingerprint density at radius 2 is 1.23 bits per heavy atom. The summed E-state index contributed by atoms with van der Waals surface area (Å²) in [5.74, 6) is 0. The molecule has 7 aromatic rings. The smallest absolute Gasteiger partial charge is 0.0541 e. The Morgan fingerprint density at radius 3 is 2.04 bits per heavy atom. The Hall–Kier alpha value is -5.60. The molecule has 9 rings (SSSR count). The van der Waals surface area contributed by atoms with E-state index in [2.05, 4.69) is 181 Å². The van der Waals surface area contributed by atoms with Gasteiger partial charge in [-0.05, 0) is 113 Å². The van der Waals surface area contributed by atoms with Crippen molar-refractivity contribution >= 4 is 44.4 Å². The highest BCUT2D eigenvalue weighted by atomic mass is 15.1. The van der Waals surface area contributed by atoms with E-state index in [9.17, 15) is 0 Å². The van der Waals surface area contributed by atoms with Crippen LogP contribution >= 0.6 is 0 Å². The minimum Gasteiger partial charge on any atom is -0.310 e. The van der Waals surface area contributed by atoms with E-state index in [0.29, 0.717) is 0 Å². The van der Waals surface area contributed by atoms with E-state index in [0.717, 1.165) is 24.2 Å². The topological polar surface area (TPSA) is 8.17 Å². The van der Waals surface area contributed by atoms with E-state index in [-0.39, 0.29) is 5.41 Å². The SMILES string of the molecule is CC1(C)C2=C(CCC=C2)c2ccc(N(c3ccccc3)c3ccc(-c4ccc5c(c4)c4ccccc4n5-c4ccccc4)cc3)cc21. The molecule has 0 N–H and O–H groups in total. The molecule has 0 saturated carbocycles. The lowest BCUT2D eigenvalue weighted by Crippen LogP contribution is -2.18. The molecule has 0 unspecified atom stereocenters. The van der Waals surface area contributed by atoms with Crippen LogP contribution in [0.2, 0.25) is 0 Å². The zero-order valence-electron chi connectivity index (χ0n) is 26.8. The number of fused-ring (bicyclic) bond motifs is 5. The van der Waals surface area contributed by atoms with Crippen molar-refractivity contribution in [2.75, 3.05) is 4.90 Å². The third kappa shape index (κ3) is 4.40. The number of allylic oxidation sites excluding steroid dienone is 4. The van der Waals surface area contributed by atoms with Crippen LogP contribution in [0.5, 0.6) is 0 Å². The summed E-state index contributed by atoms with van der Waals surface area (Å²) >= 11 is 0. The maximum absolute atomic E-state index is 2.43. The van der Waals surface area contributed by atoms with Crippen LogP contribution in [0.15, 0.2) is 163 Å². The van der Waals surface area contributed by atoms with Gasteiger partial charge < -0.3 is 9.47 Å². The average Bonchev–Trinajstić information content (AvgIpc) is 3.58. The molecule has 0 saturated heterocycles. The fourth-order valence-electron chi connectivity index (χ4n) is 7.96. The van der Waals surface area contributed by atoms with Gasteiger partial charge in [-0.2, -0.15) is 0 Å². The average molecular weight is 605 g/mol. The van der Waals surface area contributed by atoms with Gasteiger partial charge in [0.2, 0.25) is 0 Å². The van der Waals surface area contributed by atoms with Crippen molar-refractivity contribution in [2.24, 2.45) is 0 Å². The second kappa shape index (κ2) is 10.7. The van der Waals surface area contributed by atoms with Crippen molar-refractivity contribution in [1.82, 2.24) is 4.57 Å². The summed E-state index contributed by atoms with van der Waals surface area (Å²) in [4.78, 5) is 2.39. The van der Waals surface area contributed by atoms with Crippen molar-refractivity contribution in [2.45, 2.75) is 32.1 Å². The Labute approximate surface area is 276 Å². The molecule has 2 heteroatoms. The minimum atomic E-state index is -0.00785. The molecule has 0 spiro atoms. The summed E-state index contributed by atoms with van der Waals surface area (Å²) < 4.78 is 2.37. The molecule has 0 bridgehead atoms. The van der Waals surface area contributed by atoms with Gasteiger partial charge in [-0.15, -0.1) is 0 Å². The highest BCUT2D eigenvalue weighted by Gasteiger charge is 2.37. The van der Waals surface area contributed by atoms with Crippen molar-refractivity contribution in [3.05, 3.63) is 174 Å². The maximum Gasteiger partial charge on any atom is 0.0541 e. The molecule has 0 atom stereocenters. The first kappa shape index (κ1) is 27.7. The zero-order valence-corrected chi connectivity index (χ0v) is 26.8. The fraction of sp³-hybridized carbons (Fsp3) is 0.111. The summed E-state index contributed by atoms with van der Waals surface area (Å²) in [6.45, 7) is 4.76. The number of anilines is 3. The standard InChI is InChI=1S/C45H36N2/c1-45(2)41-19-11-9-17-37(41)38-27-26-36(30-42(38)45)46(33-13-5-3-6-14-33)35-24-21-31(22-25-35)32-23-28-44-40(29-32)39-18-10-12-20-43(39)47(44)34-15-7-4-8-16-34/h3-8,10-16,18-30H,9,17H2,1-2H3. The summed E-state index contributed by atoms with van der Waals surface area (Å²) in [6, 6.07) is 53.2. The number of hydrogen-bond acceptors (Lipinski definition) is 1. The lowest BCUT2D eigenvalue weighted by Gasteiger charge is -2.28. The maximum atomic E-state index is 2.43. The van der Waals surface area contributed by atoms with Crippen LogP contribution in [0.3, 0.4) is 0 Å². The molecule has 2 nitrogen and oxygen atoms in total. The van der Waals surface area contributed by atoms with Crippen LogP contribution in [-0.2, 0) is 5.41 Å². The van der Waals surface area contributed by atoms with Crippen molar-refractivity contribution in [1.29, 1.82) is 0 Å². The monoisotopic (exact) mass is 604 g/mol. The van der Waals surface area contributed by atoms with Gasteiger partial charge >= 0.3 is 0 Å².